The van der Waals surface area contributed by atoms with Crippen molar-refractivity contribution in [2.75, 3.05) is 19.6 Å². The average molecular weight is 306 g/mol. The van der Waals surface area contributed by atoms with E-state index < -0.39 is 0 Å². The van der Waals surface area contributed by atoms with Crippen LogP contribution in [0.1, 0.15) is 45.4 Å². The highest BCUT2D eigenvalue weighted by Crippen LogP contribution is 2.34. The molecule has 2 aliphatic rings. The Morgan fingerprint density at radius 2 is 2.23 bits per heavy atom. The predicted octanol–water partition coefficient (Wildman–Crippen LogP) is 2.39. The maximum Gasteiger partial charge on any atom is 0.410 e. The lowest BCUT2D eigenvalue weighted by atomic mass is 9.91. The molecule has 3 rings (SSSR count). The Morgan fingerprint density at radius 1 is 1.45 bits per heavy atom. The van der Waals surface area contributed by atoms with Gasteiger partial charge in [-0.15, -0.1) is 0 Å². The van der Waals surface area contributed by atoms with Gasteiger partial charge in [0.2, 0.25) is 0 Å². The second kappa shape index (κ2) is 6.28. The van der Waals surface area contributed by atoms with Crippen molar-refractivity contribution >= 4 is 6.09 Å². The molecule has 0 unspecified atom stereocenters. The van der Waals surface area contributed by atoms with E-state index in [2.05, 4.69) is 28.7 Å². The number of nitrogens with zero attached hydrogens (tertiary/aromatic N) is 3. The number of amides is 1. The normalized spacial score (nSPS) is 23.0. The minimum atomic E-state index is -0.265. The standard InChI is InChI=1S/C16H26N4O2/c1-3-4-13(2)20-12-16(22-15(20)21)5-9-19(10-6-16)11-14-17-7-8-18-14/h7-8,13H,3-6,9-12H2,1-2H3,(H,17,18)/t13-/m0/s1. The number of hydrogen-bond acceptors (Lipinski definition) is 4. The summed E-state index contributed by atoms with van der Waals surface area (Å²) in [6.45, 7) is 7.76. The van der Waals surface area contributed by atoms with E-state index in [9.17, 15) is 4.79 Å². The molecule has 0 aromatic carbocycles. The lowest BCUT2D eigenvalue weighted by Crippen LogP contribution is -2.47. The first-order valence-electron chi connectivity index (χ1n) is 8.32. The number of carbonyl (C=O) groups is 1. The molecule has 0 radical (unpaired) electrons. The van der Waals surface area contributed by atoms with Crippen LogP contribution in [0.2, 0.25) is 0 Å². The van der Waals surface area contributed by atoms with Crippen molar-refractivity contribution in [1.29, 1.82) is 0 Å². The molecule has 6 nitrogen and oxygen atoms in total. The van der Waals surface area contributed by atoms with Gasteiger partial charge in [0.1, 0.15) is 11.4 Å². The molecule has 2 saturated heterocycles. The smallest absolute Gasteiger partial charge is 0.410 e. The average Bonchev–Trinajstić information content (AvgIpc) is 3.10. The van der Waals surface area contributed by atoms with Gasteiger partial charge in [0, 0.05) is 44.4 Å². The number of ether oxygens (including phenoxy) is 1. The molecule has 1 atom stereocenters. The van der Waals surface area contributed by atoms with Gasteiger partial charge in [0.15, 0.2) is 0 Å². The third kappa shape index (κ3) is 3.11. The van der Waals surface area contributed by atoms with Crippen LogP contribution in [0, 0.1) is 0 Å². The molecule has 1 aromatic heterocycles. The molecular formula is C16H26N4O2. The zero-order valence-corrected chi connectivity index (χ0v) is 13.5. The first-order valence-corrected chi connectivity index (χ1v) is 8.32. The fourth-order valence-corrected chi connectivity index (χ4v) is 3.54. The zero-order chi connectivity index (χ0) is 15.6. The fraction of sp³-hybridized carbons (Fsp3) is 0.750. The summed E-state index contributed by atoms with van der Waals surface area (Å²) >= 11 is 0. The second-order valence-electron chi connectivity index (χ2n) is 6.63. The third-order valence-electron chi connectivity index (χ3n) is 4.93. The second-order valence-corrected chi connectivity index (χ2v) is 6.63. The van der Waals surface area contributed by atoms with Crippen molar-refractivity contribution in [3.8, 4) is 0 Å². The van der Waals surface area contributed by atoms with E-state index in [4.69, 9.17) is 4.74 Å². The van der Waals surface area contributed by atoms with Gasteiger partial charge < -0.3 is 14.6 Å². The van der Waals surface area contributed by atoms with Crippen molar-refractivity contribution in [3.63, 3.8) is 0 Å². The van der Waals surface area contributed by atoms with Crippen LogP contribution in [0.25, 0.3) is 0 Å². The van der Waals surface area contributed by atoms with E-state index in [0.717, 1.165) is 57.7 Å². The highest BCUT2D eigenvalue weighted by atomic mass is 16.6. The van der Waals surface area contributed by atoms with Crippen molar-refractivity contribution in [2.45, 2.75) is 57.7 Å². The van der Waals surface area contributed by atoms with Crippen LogP contribution in [0.3, 0.4) is 0 Å². The molecule has 0 aliphatic carbocycles. The molecule has 6 heteroatoms. The first-order chi connectivity index (χ1) is 10.6. The van der Waals surface area contributed by atoms with Crippen LogP contribution in [-0.4, -0.2) is 57.1 Å². The van der Waals surface area contributed by atoms with Crippen LogP contribution in [0.15, 0.2) is 12.4 Å². The number of likely N-dealkylation sites (tertiary alicyclic amines) is 1. The predicted molar refractivity (Wildman–Crippen MR) is 83.4 cm³/mol. The van der Waals surface area contributed by atoms with Crippen LogP contribution < -0.4 is 0 Å². The highest BCUT2D eigenvalue weighted by molar-refractivity contribution is 5.71. The third-order valence-corrected chi connectivity index (χ3v) is 4.93. The van der Waals surface area contributed by atoms with Gasteiger partial charge in [-0.1, -0.05) is 13.3 Å². The quantitative estimate of drug-likeness (QED) is 0.907. The van der Waals surface area contributed by atoms with Gasteiger partial charge in [0.05, 0.1) is 13.1 Å². The molecule has 1 N–H and O–H groups in total. The number of hydrogen-bond donors (Lipinski definition) is 1. The van der Waals surface area contributed by atoms with Crippen LogP contribution in [0.4, 0.5) is 4.79 Å². The molecular weight excluding hydrogens is 280 g/mol. The summed E-state index contributed by atoms with van der Waals surface area (Å²) in [5.74, 6) is 0.998. The van der Waals surface area contributed by atoms with Gasteiger partial charge in [-0.05, 0) is 13.3 Å². The Bertz CT molecular complexity index is 494. The van der Waals surface area contributed by atoms with Gasteiger partial charge in [-0.3, -0.25) is 4.90 Å². The van der Waals surface area contributed by atoms with E-state index in [1.807, 2.05) is 11.1 Å². The maximum atomic E-state index is 12.2. The molecule has 2 fully saturated rings. The molecule has 22 heavy (non-hydrogen) atoms. The Hall–Kier alpha value is -1.56. The van der Waals surface area contributed by atoms with E-state index in [1.165, 1.54) is 0 Å². The van der Waals surface area contributed by atoms with Crippen molar-refractivity contribution in [3.05, 3.63) is 18.2 Å². The van der Waals surface area contributed by atoms with Crippen molar-refractivity contribution in [1.82, 2.24) is 19.8 Å². The van der Waals surface area contributed by atoms with Gasteiger partial charge in [-0.25, -0.2) is 9.78 Å². The Morgan fingerprint density at radius 3 is 2.86 bits per heavy atom. The Kier molecular flexibility index (Phi) is 4.38. The lowest BCUT2D eigenvalue weighted by Gasteiger charge is -2.37. The molecule has 122 valence electrons. The summed E-state index contributed by atoms with van der Waals surface area (Å²) < 4.78 is 5.79. The monoisotopic (exact) mass is 306 g/mol. The number of nitrogens with one attached hydrogen (secondary N) is 1. The molecule has 0 bridgehead atoms. The topological polar surface area (TPSA) is 61.5 Å². The lowest BCUT2D eigenvalue weighted by molar-refractivity contribution is -0.00183. The number of carbonyl (C=O) groups excluding carboxylic acids is 1. The van der Waals surface area contributed by atoms with Gasteiger partial charge >= 0.3 is 6.09 Å². The van der Waals surface area contributed by atoms with Crippen LogP contribution >= 0.6 is 0 Å². The summed E-state index contributed by atoms with van der Waals surface area (Å²) in [7, 11) is 0. The number of aromatic nitrogens is 2. The van der Waals surface area contributed by atoms with Gasteiger partial charge in [-0.2, -0.15) is 0 Å². The van der Waals surface area contributed by atoms with E-state index >= 15 is 0 Å². The number of aromatic amines is 1. The van der Waals surface area contributed by atoms with Crippen molar-refractivity contribution in [2.24, 2.45) is 0 Å². The SMILES string of the molecule is CCC[C@H](C)N1CC2(CCN(Cc3ncc[nH]3)CC2)OC1=O. The zero-order valence-electron chi connectivity index (χ0n) is 13.5. The summed E-state index contributed by atoms with van der Waals surface area (Å²) in [4.78, 5) is 23.9. The minimum absolute atomic E-state index is 0.125. The Labute approximate surface area is 131 Å². The first kappa shape index (κ1) is 15.3. The summed E-state index contributed by atoms with van der Waals surface area (Å²) in [6.07, 6.45) is 7.47. The summed E-state index contributed by atoms with van der Waals surface area (Å²) in [5.41, 5.74) is -0.265. The Balaban J connectivity index is 1.55. The number of H-pyrrole nitrogens is 1. The van der Waals surface area contributed by atoms with E-state index in [0.29, 0.717) is 0 Å². The minimum Gasteiger partial charge on any atom is -0.441 e. The molecule has 2 aliphatic heterocycles. The van der Waals surface area contributed by atoms with Crippen LogP contribution in [-0.2, 0) is 11.3 Å². The van der Waals surface area contributed by atoms with Gasteiger partial charge in [0.25, 0.3) is 0 Å². The molecule has 0 saturated carbocycles. The number of rotatable bonds is 5. The molecule has 3 heterocycles. The van der Waals surface area contributed by atoms with Crippen LogP contribution in [0.5, 0.6) is 0 Å². The number of imidazole rings is 1. The van der Waals surface area contributed by atoms with Crippen molar-refractivity contribution < 1.29 is 9.53 Å². The maximum absolute atomic E-state index is 12.2. The molecule has 1 spiro atoms. The largest absolute Gasteiger partial charge is 0.441 e. The molecule has 1 aromatic rings. The highest BCUT2D eigenvalue weighted by Gasteiger charge is 2.47. The molecule has 1 amide bonds. The van der Waals surface area contributed by atoms with E-state index in [1.54, 1.807) is 6.20 Å². The fourth-order valence-electron chi connectivity index (χ4n) is 3.54. The number of piperidine rings is 1. The summed E-state index contributed by atoms with van der Waals surface area (Å²) in [6, 6.07) is 0.276. The van der Waals surface area contributed by atoms with E-state index in [-0.39, 0.29) is 17.7 Å². The summed E-state index contributed by atoms with van der Waals surface area (Å²) in [5, 5.41) is 0.